The zero-order valence-corrected chi connectivity index (χ0v) is 13.0. The zero-order valence-electron chi connectivity index (χ0n) is 9.81. The number of hydrogen-bond acceptors (Lipinski definition) is 4. The maximum atomic E-state index is 11.8. The van der Waals surface area contributed by atoms with Crippen LogP contribution in [-0.4, -0.2) is 20.5 Å². The zero-order chi connectivity index (χ0) is 13.9. The third-order valence-electron chi connectivity index (χ3n) is 2.32. The summed E-state index contributed by atoms with van der Waals surface area (Å²) < 4.78 is 28.0. The highest BCUT2D eigenvalue weighted by molar-refractivity contribution is 9.10. The Hall–Kier alpha value is -0.590. The molecule has 0 aliphatic rings. The predicted molar refractivity (Wildman–Crippen MR) is 72.3 cm³/mol. The number of ether oxygens (including phenoxy) is 1. The lowest BCUT2D eigenvalue weighted by atomic mass is 10.2. The number of hydrogen-bond donors (Lipinski definition) is 0. The second-order valence-corrected chi connectivity index (χ2v) is 7.12. The minimum Gasteiger partial charge on any atom is -0.459 e. The van der Waals surface area contributed by atoms with Crippen molar-refractivity contribution in [3.8, 4) is 0 Å². The van der Waals surface area contributed by atoms with E-state index < -0.39 is 15.0 Å². The summed E-state index contributed by atoms with van der Waals surface area (Å²) in [6.45, 7) is 3.64. The van der Waals surface area contributed by atoms with Gasteiger partial charge in [-0.25, -0.2) is 13.2 Å². The first kappa shape index (κ1) is 15.5. The van der Waals surface area contributed by atoms with Gasteiger partial charge in [-0.2, -0.15) is 0 Å². The number of carbonyl (C=O) groups excluding carboxylic acids is 1. The normalized spacial score (nSPS) is 13.1. The van der Waals surface area contributed by atoms with Crippen LogP contribution in [0.2, 0.25) is 0 Å². The fourth-order valence-corrected chi connectivity index (χ4v) is 2.33. The Balaban J connectivity index is 3.12. The van der Waals surface area contributed by atoms with Gasteiger partial charge in [0.2, 0.25) is 0 Å². The average Bonchev–Trinajstić information content (AvgIpc) is 2.27. The summed E-state index contributed by atoms with van der Waals surface area (Å²) in [6, 6.07) is 3.95. The predicted octanol–water partition coefficient (Wildman–Crippen LogP) is 3.33. The van der Waals surface area contributed by atoms with E-state index in [0.29, 0.717) is 10.9 Å². The Morgan fingerprint density at radius 3 is 2.61 bits per heavy atom. The highest BCUT2D eigenvalue weighted by Gasteiger charge is 2.18. The standard InChI is InChI=1S/C11H12BrClO4S/c1-3-7(2)17-11(14)9-6-8(18(13,15)16)4-5-10(9)12/h4-7H,3H2,1-2H3. The monoisotopic (exact) mass is 354 g/mol. The highest BCUT2D eigenvalue weighted by atomic mass is 79.9. The van der Waals surface area contributed by atoms with Crippen LogP contribution in [0, 0.1) is 0 Å². The van der Waals surface area contributed by atoms with Crippen molar-refractivity contribution in [2.45, 2.75) is 31.3 Å². The summed E-state index contributed by atoms with van der Waals surface area (Å²) in [4.78, 5) is 11.7. The summed E-state index contributed by atoms with van der Waals surface area (Å²) in [5.74, 6) is -0.585. The molecule has 18 heavy (non-hydrogen) atoms. The third kappa shape index (κ3) is 3.96. The van der Waals surface area contributed by atoms with Crippen LogP contribution in [0.3, 0.4) is 0 Å². The molecule has 0 aliphatic carbocycles. The molecular formula is C11H12BrClO4S. The molecule has 1 rings (SSSR count). The van der Waals surface area contributed by atoms with Crippen LogP contribution in [0.5, 0.6) is 0 Å². The molecule has 1 aromatic rings. The minimum absolute atomic E-state index is 0.136. The van der Waals surface area contributed by atoms with Crippen molar-refractivity contribution in [1.82, 2.24) is 0 Å². The van der Waals surface area contributed by atoms with Gasteiger partial charge >= 0.3 is 5.97 Å². The molecule has 100 valence electrons. The van der Waals surface area contributed by atoms with Gasteiger partial charge in [0.15, 0.2) is 0 Å². The summed E-state index contributed by atoms with van der Waals surface area (Å²) >= 11 is 3.17. The van der Waals surface area contributed by atoms with Gasteiger partial charge in [0.25, 0.3) is 9.05 Å². The van der Waals surface area contributed by atoms with Crippen LogP contribution in [0.25, 0.3) is 0 Å². The minimum atomic E-state index is -3.87. The van der Waals surface area contributed by atoms with Crippen LogP contribution in [0.15, 0.2) is 27.6 Å². The number of carbonyl (C=O) groups is 1. The summed E-state index contributed by atoms with van der Waals surface area (Å²) in [5, 5.41) is 0. The first-order valence-electron chi connectivity index (χ1n) is 5.21. The van der Waals surface area contributed by atoms with Crippen molar-refractivity contribution in [2.75, 3.05) is 0 Å². The van der Waals surface area contributed by atoms with Crippen molar-refractivity contribution < 1.29 is 17.9 Å². The molecule has 0 saturated heterocycles. The van der Waals surface area contributed by atoms with Crippen molar-refractivity contribution in [3.05, 3.63) is 28.2 Å². The van der Waals surface area contributed by atoms with E-state index in [1.165, 1.54) is 18.2 Å². The van der Waals surface area contributed by atoms with E-state index in [-0.39, 0.29) is 16.6 Å². The van der Waals surface area contributed by atoms with Crippen molar-refractivity contribution >= 4 is 41.6 Å². The molecule has 0 saturated carbocycles. The molecule has 0 radical (unpaired) electrons. The van der Waals surface area contributed by atoms with Gasteiger partial charge in [0.1, 0.15) is 0 Å². The van der Waals surface area contributed by atoms with Crippen LogP contribution in [0.1, 0.15) is 30.6 Å². The summed E-state index contributed by atoms with van der Waals surface area (Å²) in [6.07, 6.45) is 0.442. The Morgan fingerprint density at radius 1 is 1.50 bits per heavy atom. The van der Waals surface area contributed by atoms with Gasteiger partial charge in [-0.1, -0.05) is 6.92 Å². The van der Waals surface area contributed by atoms with Gasteiger partial charge in [-0.3, -0.25) is 0 Å². The Morgan fingerprint density at radius 2 is 2.11 bits per heavy atom. The molecule has 7 heteroatoms. The first-order chi connectivity index (χ1) is 8.25. The van der Waals surface area contributed by atoms with Crippen molar-refractivity contribution in [3.63, 3.8) is 0 Å². The molecule has 1 unspecified atom stereocenters. The largest absolute Gasteiger partial charge is 0.459 e. The first-order valence-corrected chi connectivity index (χ1v) is 8.31. The van der Waals surface area contributed by atoms with Crippen molar-refractivity contribution in [2.24, 2.45) is 0 Å². The van der Waals surface area contributed by atoms with Crippen LogP contribution in [-0.2, 0) is 13.8 Å². The maximum Gasteiger partial charge on any atom is 0.339 e. The van der Waals surface area contributed by atoms with Gasteiger partial charge in [0.05, 0.1) is 16.6 Å². The average molecular weight is 356 g/mol. The van der Waals surface area contributed by atoms with E-state index in [9.17, 15) is 13.2 Å². The Labute approximate surface area is 119 Å². The van der Waals surface area contributed by atoms with Crippen molar-refractivity contribution in [1.29, 1.82) is 0 Å². The molecule has 0 fully saturated rings. The van der Waals surface area contributed by atoms with Gasteiger partial charge in [-0.15, -0.1) is 0 Å². The molecule has 0 heterocycles. The maximum absolute atomic E-state index is 11.8. The molecule has 0 aromatic heterocycles. The van der Waals surface area contributed by atoms with Gasteiger partial charge in [0, 0.05) is 15.2 Å². The quantitative estimate of drug-likeness (QED) is 0.614. The van der Waals surface area contributed by atoms with Gasteiger partial charge in [-0.05, 0) is 47.5 Å². The topological polar surface area (TPSA) is 60.4 Å². The molecule has 0 bridgehead atoms. The van der Waals surface area contributed by atoms with E-state index in [2.05, 4.69) is 15.9 Å². The smallest absolute Gasteiger partial charge is 0.339 e. The summed E-state index contributed by atoms with van der Waals surface area (Å²) in [7, 11) is 1.36. The van der Waals surface area contributed by atoms with E-state index in [4.69, 9.17) is 15.4 Å². The summed E-state index contributed by atoms with van der Waals surface area (Å²) in [5.41, 5.74) is 0.136. The number of esters is 1. The van der Waals surface area contributed by atoms with E-state index >= 15 is 0 Å². The number of halogens is 2. The molecule has 4 nitrogen and oxygen atoms in total. The fraction of sp³-hybridized carbons (Fsp3) is 0.364. The molecule has 1 aromatic carbocycles. The lowest BCUT2D eigenvalue weighted by Crippen LogP contribution is -2.14. The Kier molecular flexibility index (Phi) is 5.19. The van der Waals surface area contributed by atoms with Crippen LogP contribution >= 0.6 is 26.6 Å². The second-order valence-electron chi connectivity index (χ2n) is 3.70. The molecule has 0 N–H and O–H groups in total. The van der Waals surface area contributed by atoms with Crippen LogP contribution < -0.4 is 0 Å². The number of rotatable bonds is 4. The number of benzene rings is 1. The highest BCUT2D eigenvalue weighted by Crippen LogP contribution is 2.24. The molecule has 0 amide bonds. The molecule has 0 aliphatic heterocycles. The van der Waals surface area contributed by atoms with E-state index in [0.717, 1.165) is 0 Å². The van der Waals surface area contributed by atoms with Crippen LogP contribution in [0.4, 0.5) is 0 Å². The SMILES string of the molecule is CCC(C)OC(=O)c1cc(S(=O)(=O)Cl)ccc1Br. The molecular weight excluding hydrogens is 344 g/mol. The third-order valence-corrected chi connectivity index (χ3v) is 4.37. The second kappa shape index (κ2) is 6.04. The molecule has 1 atom stereocenters. The van der Waals surface area contributed by atoms with E-state index in [1.54, 1.807) is 6.92 Å². The lowest BCUT2D eigenvalue weighted by Gasteiger charge is -2.12. The van der Waals surface area contributed by atoms with E-state index in [1.807, 2.05) is 6.92 Å². The van der Waals surface area contributed by atoms with Gasteiger partial charge < -0.3 is 4.74 Å². The molecule has 0 spiro atoms. The Bertz CT molecular complexity index is 556. The fourth-order valence-electron chi connectivity index (χ4n) is 1.14. The lowest BCUT2D eigenvalue weighted by molar-refractivity contribution is 0.0333.